The standard InChI is InChI=1S/C14H15N3O2/c15-8-12(10-4-2-1-3-5-10)14(19)16-9-13(18)17-11-6-7-11/h1-5,11-12H,6-7,9H2,(H,16,19)(H,17,18). The summed E-state index contributed by atoms with van der Waals surface area (Å²) in [6.45, 7) is -0.0830. The Labute approximate surface area is 111 Å². The van der Waals surface area contributed by atoms with Gasteiger partial charge in [-0.2, -0.15) is 5.26 Å². The van der Waals surface area contributed by atoms with E-state index in [2.05, 4.69) is 10.6 Å². The molecule has 98 valence electrons. The summed E-state index contributed by atoms with van der Waals surface area (Å²) >= 11 is 0. The van der Waals surface area contributed by atoms with Crippen molar-refractivity contribution in [3.63, 3.8) is 0 Å². The molecule has 1 aliphatic rings. The molecule has 2 N–H and O–H groups in total. The molecule has 1 aromatic rings. The van der Waals surface area contributed by atoms with Crippen LogP contribution in [0.4, 0.5) is 0 Å². The van der Waals surface area contributed by atoms with Gasteiger partial charge in [-0.05, 0) is 18.4 Å². The number of amides is 2. The highest BCUT2D eigenvalue weighted by atomic mass is 16.2. The Balaban J connectivity index is 1.87. The molecule has 19 heavy (non-hydrogen) atoms. The first kappa shape index (κ1) is 13.1. The number of benzene rings is 1. The lowest BCUT2D eigenvalue weighted by Crippen LogP contribution is -2.39. The number of carbonyl (C=O) groups is 2. The molecule has 0 bridgehead atoms. The van der Waals surface area contributed by atoms with Gasteiger partial charge >= 0.3 is 0 Å². The number of nitrogens with one attached hydrogen (secondary N) is 2. The van der Waals surface area contributed by atoms with E-state index in [-0.39, 0.29) is 18.5 Å². The van der Waals surface area contributed by atoms with Crippen LogP contribution in [0.5, 0.6) is 0 Å². The van der Waals surface area contributed by atoms with Gasteiger partial charge in [0.1, 0.15) is 5.92 Å². The number of carbonyl (C=O) groups excluding carboxylic acids is 2. The van der Waals surface area contributed by atoms with Crippen molar-refractivity contribution in [1.82, 2.24) is 10.6 Å². The van der Waals surface area contributed by atoms with Gasteiger partial charge in [0.15, 0.2) is 0 Å². The second-order valence-electron chi connectivity index (χ2n) is 4.53. The van der Waals surface area contributed by atoms with E-state index in [4.69, 9.17) is 5.26 Å². The third kappa shape index (κ3) is 3.81. The summed E-state index contributed by atoms with van der Waals surface area (Å²) in [7, 11) is 0. The Kier molecular flexibility index (Phi) is 4.14. The van der Waals surface area contributed by atoms with Crippen LogP contribution >= 0.6 is 0 Å². The van der Waals surface area contributed by atoms with E-state index in [0.29, 0.717) is 5.56 Å². The van der Waals surface area contributed by atoms with Crippen LogP contribution < -0.4 is 10.6 Å². The summed E-state index contributed by atoms with van der Waals surface area (Å²) in [5.41, 5.74) is 0.630. The summed E-state index contributed by atoms with van der Waals surface area (Å²) in [6.07, 6.45) is 2.01. The van der Waals surface area contributed by atoms with E-state index in [1.165, 1.54) is 0 Å². The highest BCUT2D eigenvalue weighted by Gasteiger charge is 2.24. The maximum absolute atomic E-state index is 11.9. The first-order valence-corrected chi connectivity index (χ1v) is 6.22. The number of hydrogen-bond acceptors (Lipinski definition) is 3. The van der Waals surface area contributed by atoms with Crippen molar-refractivity contribution < 1.29 is 9.59 Å². The monoisotopic (exact) mass is 257 g/mol. The topological polar surface area (TPSA) is 82.0 Å². The minimum atomic E-state index is -0.880. The molecule has 1 saturated carbocycles. The zero-order valence-corrected chi connectivity index (χ0v) is 10.4. The van der Waals surface area contributed by atoms with E-state index < -0.39 is 11.8 Å². The van der Waals surface area contributed by atoms with Gasteiger partial charge < -0.3 is 10.6 Å². The molecule has 2 rings (SSSR count). The lowest BCUT2D eigenvalue weighted by atomic mass is 10.00. The normalized spacial score (nSPS) is 15.1. The van der Waals surface area contributed by atoms with Crippen molar-refractivity contribution in [1.29, 1.82) is 5.26 Å². The summed E-state index contributed by atoms with van der Waals surface area (Å²) in [5.74, 6) is -1.53. The Hall–Kier alpha value is -2.35. The van der Waals surface area contributed by atoms with Crippen LogP contribution in [0, 0.1) is 11.3 Å². The number of rotatable bonds is 5. The van der Waals surface area contributed by atoms with Crippen molar-refractivity contribution in [3.8, 4) is 6.07 Å². The average Bonchev–Trinajstić information content (AvgIpc) is 3.22. The molecule has 0 aliphatic heterocycles. The van der Waals surface area contributed by atoms with Gasteiger partial charge in [0.25, 0.3) is 0 Å². The van der Waals surface area contributed by atoms with Gasteiger partial charge in [-0.1, -0.05) is 30.3 Å². The Morgan fingerprint density at radius 2 is 2.00 bits per heavy atom. The Morgan fingerprint density at radius 3 is 2.58 bits per heavy atom. The highest BCUT2D eigenvalue weighted by molar-refractivity contribution is 5.90. The zero-order valence-electron chi connectivity index (χ0n) is 10.4. The molecule has 1 fully saturated rings. The smallest absolute Gasteiger partial charge is 0.242 e. The fourth-order valence-electron chi connectivity index (χ4n) is 1.71. The summed E-state index contributed by atoms with van der Waals surface area (Å²) < 4.78 is 0. The van der Waals surface area contributed by atoms with Crippen molar-refractivity contribution in [3.05, 3.63) is 35.9 Å². The zero-order chi connectivity index (χ0) is 13.7. The first-order chi connectivity index (χ1) is 9.20. The van der Waals surface area contributed by atoms with Crippen LogP contribution in [0.3, 0.4) is 0 Å². The minimum absolute atomic E-state index is 0.0830. The fraction of sp³-hybridized carbons (Fsp3) is 0.357. The third-order valence-corrected chi connectivity index (χ3v) is 2.89. The molecule has 0 heterocycles. The largest absolute Gasteiger partial charge is 0.352 e. The maximum atomic E-state index is 11.9. The molecule has 5 nitrogen and oxygen atoms in total. The molecule has 5 heteroatoms. The van der Waals surface area contributed by atoms with Crippen LogP contribution in [-0.2, 0) is 9.59 Å². The first-order valence-electron chi connectivity index (χ1n) is 6.22. The average molecular weight is 257 g/mol. The van der Waals surface area contributed by atoms with E-state index >= 15 is 0 Å². The van der Waals surface area contributed by atoms with Crippen LogP contribution in [0.2, 0.25) is 0 Å². The van der Waals surface area contributed by atoms with Gasteiger partial charge in [-0.25, -0.2) is 0 Å². The van der Waals surface area contributed by atoms with Crippen LogP contribution in [0.15, 0.2) is 30.3 Å². The lowest BCUT2D eigenvalue weighted by Gasteiger charge is -2.10. The summed E-state index contributed by atoms with van der Waals surface area (Å²) in [6, 6.07) is 11.0. The SMILES string of the molecule is N#CC(C(=O)NCC(=O)NC1CC1)c1ccccc1. The number of nitriles is 1. The van der Waals surface area contributed by atoms with Gasteiger partial charge in [0, 0.05) is 6.04 Å². The Bertz CT molecular complexity index is 503. The van der Waals surface area contributed by atoms with Gasteiger partial charge in [0.05, 0.1) is 12.6 Å². The van der Waals surface area contributed by atoms with Gasteiger partial charge in [0.2, 0.25) is 11.8 Å². The second kappa shape index (κ2) is 6.01. The molecule has 0 spiro atoms. The molecule has 0 radical (unpaired) electrons. The van der Waals surface area contributed by atoms with E-state index in [1.807, 2.05) is 12.1 Å². The molecule has 2 amide bonds. The molecule has 1 aliphatic carbocycles. The van der Waals surface area contributed by atoms with Crippen LogP contribution in [0.1, 0.15) is 24.3 Å². The summed E-state index contributed by atoms with van der Waals surface area (Å²) in [5, 5.41) is 14.3. The third-order valence-electron chi connectivity index (χ3n) is 2.89. The van der Waals surface area contributed by atoms with Gasteiger partial charge in [-0.3, -0.25) is 9.59 Å². The summed E-state index contributed by atoms with van der Waals surface area (Å²) in [4.78, 5) is 23.3. The molecule has 1 unspecified atom stereocenters. The van der Waals surface area contributed by atoms with Crippen molar-refractivity contribution in [2.75, 3.05) is 6.54 Å². The number of hydrogen-bond donors (Lipinski definition) is 2. The van der Waals surface area contributed by atoms with E-state index in [0.717, 1.165) is 12.8 Å². The molecule has 0 aromatic heterocycles. The van der Waals surface area contributed by atoms with Crippen molar-refractivity contribution in [2.45, 2.75) is 24.8 Å². The maximum Gasteiger partial charge on any atom is 0.242 e. The van der Waals surface area contributed by atoms with Crippen molar-refractivity contribution in [2.24, 2.45) is 0 Å². The number of nitrogens with zero attached hydrogens (tertiary/aromatic N) is 1. The quantitative estimate of drug-likeness (QED) is 0.814. The van der Waals surface area contributed by atoms with E-state index in [9.17, 15) is 9.59 Å². The molecular weight excluding hydrogens is 242 g/mol. The molecule has 1 atom stereocenters. The van der Waals surface area contributed by atoms with Gasteiger partial charge in [-0.15, -0.1) is 0 Å². The molecule has 0 saturated heterocycles. The highest BCUT2D eigenvalue weighted by Crippen LogP contribution is 2.18. The fourth-order valence-corrected chi connectivity index (χ4v) is 1.71. The minimum Gasteiger partial charge on any atom is -0.352 e. The van der Waals surface area contributed by atoms with E-state index in [1.54, 1.807) is 24.3 Å². The molecule has 1 aromatic carbocycles. The van der Waals surface area contributed by atoms with Crippen LogP contribution in [0.25, 0.3) is 0 Å². The lowest BCUT2D eigenvalue weighted by molar-refractivity contribution is -0.126. The van der Waals surface area contributed by atoms with Crippen LogP contribution in [-0.4, -0.2) is 24.4 Å². The van der Waals surface area contributed by atoms with Crippen molar-refractivity contribution >= 4 is 11.8 Å². The molecular formula is C14H15N3O2. The second-order valence-corrected chi connectivity index (χ2v) is 4.53. The predicted molar refractivity (Wildman–Crippen MR) is 69.0 cm³/mol. The predicted octanol–water partition coefficient (Wildman–Crippen LogP) is 0.689. The Morgan fingerprint density at radius 1 is 1.32 bits per heavy atom.